The molecule has 0 aliphatic carbocycles. The molecule has 0 bridgehead atoms. The Kier molecular flexibility index (Phi) is 4.93. The van der Waals surface area contributed by atoms with Gasteiger partial charge in [-0.3, -0.25) is 4.79 Å². The normalized spacial score (nSPS) is 10.4. The van der Waals surface area contributed by atoms with E-state index in [4.69, 9.17) is 4.74 Å². The molecule has 0 aliphatic rings. The second kappa shape index (κ2) is 6.88. The van der Waals surface area contributed by atoms with Gasteiger partial charge in [0, 0.05) is 18.7 Å². The summed E-state index contributed by atoms with van der Waals surface area (Å²) in [5, 5.41) is 2.08. The van der Waals surface area contributed by atoms with Crippen molar-refractivity contribution in [3.05, 3.63) is 48.0 Å². The molecule has 0 N–H and O–H groups in total. The highest BCUT2D eigenvalue weighted by atomic mass is 16.6. The largest absolute Gasteiger partial charge is 0.441 e. The molecular formula is C17H19NO3. The van der Waals surface area contributed by atoms with E-state index in [2.05, 4.69) is 0 Å². The summed E-state index contributed by atoms with van der Waals surface area (Å²) in [6.07, 6.45) is -0.450. The van der Waals surface area contributed by atoms with Crippen molar-refractivity contribution < 1.29 is 14.3 Å². The fourth-order valence-corrected chi connectivity index (χ4v) is 2.15. The van der Waals surface area contributed by atoms with Crippen LogP contribution in [0, 0.1) is 0 Å². The Morgan fingerprint density at radius 1 is 1.00 bits per heavy atom. The topological polar surface area (TPSA) is 46.6 Å². The lowest BCUT2D eigenvalue weighted by Gasteiger charge is -2.17. The summed E-state index contributed by atoms with van der Waals surface area (Å²) in [4.78, 5) is 25.3. The van der Waals surface area contributed by atoms with Crippen LogP contribution in [0.4, 0.5) is 4.79 Å². The second-order valence-corrected chi connectivity index (χ2v) is 4.71. The van der Waals surface area contributed by atoms with Gasteiger partial charge in [0.2, 0.25) is 0 Å². The van der Waals surface area contributed by atoms with Crippen molar-refractivity contribution in [3.8, 4) is 0 Å². The summed E-state index contributed by atoms with van der Waals surface area (Å²) in [7, 11) is 0. The van der Waals surface area contributed by atoms with Crippen molar-refractivity contribution in [1.82, 2.24) is 4.90 Å². The third-order valence-corrected chi connectivity index (χ3v) is 3.42. The van der Waals surface area contributed by atoms with Gasteiger partial charge in [-0.1, -0.05) is 36.4 Å². The van der Waals surface area contributed by atoms with Crippen LogP contribution in [0.1, 0.15) is 24.2 Å². The highest BCUT2D eigenvalue weighted by molar-refractivity contribution is 6.01. The molecule has 4 heteroatoms. The summed E-state index contributed by atoms with van der Waals surface area (Å²) >= 11 is 0. The maximum absolute atomic E-state index is 12.1. The first-order valence-corrected chi connectivity index (χ1v) is 7.09. The van der Waals surface area contributed by atoms with Crippen LogP contribution >= 0.6 is 0 Å². The predicted octanol–water partition coefficient (Wildman–Crippen LogP) is 3.50. The molecule has 0 aromatic heterocycles. The molecule has 0 radical (unpaired) electrons. The Balaban J connectivity index is 2.03. The van der Waals surface area contributed by atoms with E-state index in [9.17, 15) is 9.59 Å². The van der Waals surface area contributed by atoms with Gasteiger partial charge in [-0.2, -0.15) is 0 Å². The third kappa shape index (κ3) is 3.60. The Morgan fingerprint density at radius 2 is 1.67 bits per heavy atom. The van der Waals surface area contributed by atoms with Crippen molar-refractivity contribution >= 4 is 22.6 Å². The molecule has 1 amide bonds. The van der Waals surface area contributed by atoms with Gasteiger partial charge < -0.3 is 9.64 Å². The molecule has 110 valence electrons. The Morgan fingerprint density at radius 3 is 2.33 bits per heavy atom. The molecule has 21 heavy (non-hydrogen) atoms. The quantitative estimate of drug-likeness (QED) is 0.790. The van der Waals surface area contributed by atoms with Crippen LogP contribution < -0.4 is 0 Å². The van der Waals surface area contributed by atoms with Gasteiger partial charge in [-0.25, -0.2) is 4.79 Å². The van der Waals surface area contributed by atoms with E-state index in [1.807, 2.05) is 50.2 Å². The van der Waals surface area contributed by atoms with Crippen LogP contribution in [0.5, 0.6) is 0 Å². The second-order valence-electron chi connectivity index (χ2n) is 4.71. The predicted molar refractivity (Wildman–Crippen MR) is 82.5 cm³/mol. The maximum Gasteiger partial charge on any atom is 0.410 e. The molecule has 0 saturated heterocycles. The molecule has 2 aromatic carbocycles. The molecule has 2 rings (SSSR count). The van der Waals surface area contributed by atoms with Gasteiger partial charge in [0.25, 0.3) is 0 Å². The van der Waals surface area contributed by atoms with Crippen molar-refractivity contribution in [2.75, 3.05) is 19.7 Å². The minimum atomic E-state index is -0.450. The minimum absolute atomic E-state index is 0.193. The molecule has 4 nitrogen and oxygen atoms in total. The number of carbonyl (C=O) groups excluding carboxylic acids is 2. The summed E-state index contributed by atoms with van der Waals surface area (Å²) < 4.78 is 5.05. The first-order chi connectivity index (χ1) is 10.2. The van der Waals surface area contributed by atoms with Crippen LogP contribution in [-0.2, 0) is 4.74 Å². The number of hydrogen-bond acceptors (Lipinski definition) is 3. The van der Waals surface area contributed by atoms with Crippen molar-refractivity contribution in [1.29, 1.82) is 0 Å². The summed E-state index contributed by atoms with van der Waals surface area (Å²) in [5.74, 6) is -0.193. The number of Topliss-reactive ketones (excluding diaryl/α,β-unsaturated/α-hetero) is 1. The average molecular weight is 285 g/mol. The number of nitrogens with zero attached hydrogens (tertiary/aromatic N) is 1. The zero-order valence-electron chi connectivity index (χ0n) is 12.3. The molecule has 0 atom stereocenters. The van der Waals surface area contributed by atoms with Crippen LogP contribution in [0.3, 0.4) is 0 Å². The van der Waals surface area contributed by atoms with Crippen molar-refractivity contribution in [3.63, 3.8) is 0 Å². The van der Waals surface area contributed by atoms with Gasteiger partial charge in [-0.05, 0) is 30.7 Å². The molecule has 0 unspecified atom stereocenters. The lowest BCUT2D eigenvalue weighted by Crippen LogP contribution is -2.32. The van der Waals surface area contributed by atoms with Gasteiger partial charge in [0.05, 0.1) is 0 Å². The molecular weight excluding hydrogens is 266 g/mol. The van der Waals surface area contributed by atoms with Crippen molar-refractivity contribution in [2.45, 2.75) is 13.8 Å². The molecule has 2 aromatic rings. The van der Waals surface area contributed by atoms with Crippen molar-refractivity contribution in [2.24, 2.45) is 0 Å². The highest BCUT2D eigenvalue weighted by Gasteiger charge is 2.14. The molecule has 0 saturated carbocycles. The van der Waals surface area contributed by atoms with E-state index >= 15 is 0 Å². The van der Waals surface area contributed by atoms with E-state index in [1.165, 1.54) is 4.90 Å². The standard InChI is InChI=1S/C17H19NO3/c1-3-18(4-2)17(20)21-12-16(19)15-10-9-13-7-5-6-8-14(13)11-15/h5-11H,3-4,12H2,1-2H3. The van der Waals surface area contributed by atoms with Crippen LogP contribution in [-0.4, -0.2) is 36.5 Å². The summed E-state index contributed by atoms with van der Waals surface area (Å²) in [6.45, 7) is 4.65. The number of rotatable bonds is 5. The molecule has 0 aliphatic heterocycles. The molecule has 0 heterocycles. The smallest absolute Gasteiger partial charge is 0.410 e. The fourth-order valence-electron chi connectivity index (χ4n) is 2.15. The zero-order chi connectivity index (χ0) is 15.2. The number of fused-ring (bicyclic) bond motifs is 1. The fraction of sp³-hybridized carbons (Fsp3) is 0.294. The van der Waals surface area contributed by atoms with E-state index < -0.39 is 6.09 Å². The number of ketones is 1. The Hall–Kier alpha value is -2.36. The molecule has 0 spiro atoms. The first-order valence-electron chi connectivity index (χ1n) is 7.09. The SMILES string of the molecule is CCN(CC)C(=O)OCC(=O)c1ccc2ccccc2c1. The molecule has 0 fully saturated rings. The number of hydrogen-bond donors (Lipinski definition) is 0. The Bertz CT molecular complexity index is 647. The summed E-state index contributed by atoms with van der Waals surface area (Å²) in [5.41, 5.74) is 0.557. The van der Waals surface area contributed by atoms with Gasteiger partial charge in [-0.15, -0.1) is 0 Å². The number of benzene rings is 2. The van der Waals surface area contributed by atoms with Crippen LogP contribution in [0.15, 0.2) is 42.5 Å². The maximum atomic E-state index is 12.1. The monoisotopic (exact) mass is 285 g/mol. The van der Waals surface area contributed by atoms with Crippen LogP contribution in [0.2, 0.25) is 0 Å². The number of carbonyl (C=O) groups is 2. The highest BCUT2D eigenvalue weighted by Crippen LogP contribution is 2.16. The number of ether oxygens (including phenoxy) is 1. The Labute approximate surface area is 124 Å². The lowest BCUT2D eigenvalue weighted by molar-refractivity contribution is 0.0762. The summed E-state index contributed by atoms with van der Waals surface area (Å²) in [6, 6.07) is 13.3. The minimum Gasteiger partial charge on any atom is -0.441 e. The average Bonchev–Trinajstić information content (AvgIpc) is 2.53. The van der Waals surface area contributed by atoms with Gasteiger partial charge in [0.15, 0.2) is 12.4 Å². The van der Waals surface area contributed by atoms with E-state index in [0.29, 0.717) is 18.7 Å². The zero-order valence-corrected chi connectivity index (χ0v) is 12.3. The van der Waals surface area contributed by atoms with E-state index in [1.54, 1.807) is 6.07 Å². The van der Waals surface area contributed by atoms with E-state index in [0.717, 1.165) is 10.8 Å². The first kappa shape index (κ1) is 15.0. The third-order valence-electron chi connectivity index (χ3n) is 3.42. The van der Waals surface area contributed by atoms with Gasteiger partial charge in [0.1, 0.15) is 0 Å². The number of amides is 1. The lowest BCUT2D eigenvalue weighted by atomic mass is 10.0. The van der Waals surface area contributed by atoms with Crippen LogP contribution in [0.25, 0.3) is 10.8 Å². The van der Waals surface area contributed by atoms with Gasteiger partial charge >= 0.3 is 6.09 Å². The van der Waals surface area contributed by atoms with E-state index in [-0.39, 0.29) is 12.4 Å².